The number of carbonyl (C=O) groups excluding carboxylic acids is 1. The second-order valence-corrected chi connectivity index (χ2v) is 4.99. The van der Waals surface area contributed by atoms with E-state index in [1.165, 1.54) is 12.3 Å². The number of hydrogen-bond acceptors (Lipinski definition) is 3. The van der Waals surface area contributed by atoms with Crippen LogP contribution in [0.1, 0.15) is 10.4 Å². The van der Waals surface area contributed by atoms with Gasteiger partial charge in [0.2, 0.25) is 0 Å². The largest absolute Gasteiger partial charge is 0.306 e. The van der Waals surface area contributed by atoms with Gasteiger partial charge < -0.3 is 5.32 Å². The molecule has 0 saturated carbocycles. The van der Waals surface area contributed by atoms with Gasteiger partial charge in [0.25, 0.3) is 5.91 Å². The standard InChI is InChI=1S/C11H6BrCl2N3O/c12-7-1-2-15-9(4-7)17-11(18)6-3-8(13)10(14)16-5-6/h1-5H,(H,15,17,18). The second kappa shape index (κ2) is 5.65. The number of nitrogens with one attached hydrogen (secondary N) is 1. The van der Waals surface area contributed by atoms with E-state index in [0.29, 0.717) is 11.4 Å². The van der Waals surface area contributed by atoms with Crippen LogP contribution >= 0.6 is 39.1 Å². The van der Waals surface area contributed by atoms with Crippen molar-refractivity contribution in [3.8, 4) is 0 Å². The Kier molecular flexibility index (Phi) is 4.16. The molecule has 2 heterocycles. The minimum absolute atomic E-state index is 0.161. The third-order valence-electron chi connectivity index (χ3n) is 2.02. The van der Waals surface area contributed by atoms with Gasteiger partial charge in [-0.1, -0.05) is 39.1 Å². The third kappa shape index (κ3) is 3.19. The SMILES string of the molecule is O=C(Nc1cc(Br)ccn1)c1cnc(Cl)c(Cl)c1. The van der Waals surface area contributed by atoms with E-state index in [2.05, 4.69) is 31.2 Å². The highest BCUT2D eigenvalue weighted by Gasteiger charge is 2.10. The van der Waals surface area contributed by atoms with Gasteiger partial charge in [0.1, 0.15) is 11.0 Å². The van der Waals surface area contributed by atoms with Crippen LogP contribution in [-0.4, -0.2) is 15.9 Å². The lowest BCUT2D eigenvalue weighted by Gasteiger charge is -2.05. The average molecular weight is 347 g/mol. The molecule has 1 N–H and O–H groups in total. The van der Waals surface area contributed by atoms with E-state index in [4.69, 9.17) is 23.2 Å². The van der Waals surface area contributed by atoms with E-state index >= 15 is 0 Å². The number of hydrogen-bond donors (Lipinski definition) is 1. The predicted octanol–water partition coefficient (Wildman–Crippen LogP) is 3.80. The summed E-state index contributed by atoms with van der Waals surface area (Å²) in [6, 6.07) is 4.89. The zero-order chi connectivity index (χ0) is 13.1. The van der Waals surface area contributed by atoms with Crippen LogP contribution in [-0.2, 0) is 0 Å². The highest BCUT2D eigenvalue weighted by molar-refractivity contribution is 9.10. The number of pyridine rings is 2. The molecule has 0 atom stereocenters. The van der Waals surface area contributed by atoms with Gasteiger partial charge in [-0.25, -0.2) is 9.97 Å². The molecule has 2 aromatic rings. The summed E-state index contributed by atoms with van der Waals surface area (Å²) in [4.78, 5) is 19.7. The molecular weight excluding hydrogens is 341 g/mol. The fraction of sp³-hybridized carbons (Fsp3) is 0. The molecule has 0 radical (unpaired) electrons. The lowest BCUT2D eigenvalue weighted by molar-refractivity contribution is 0.102. The molecule has 0 spiro atoms. The number of rotatable bonds is 2. The summed E-state index contributed by atoms with van der Waals surface area (Å²) in [5, 5.41) is 3.01. The number of carbonyl (C=O) groups is 1. The zero-order valence-corrected chi connectivity index (χ0v) is 11.9. The maximum Gasteiger partial charge on any atom is 0.258 e. The molecule has 7 heteroatoms. The summed E-state index contributed by atoms with van der Waals surface area (Å²) in [6.45, 7) is 0. The molecule has 0 aromatic carbocycles. The van der Waals surface area contributed by atoms with Gasteiger partial charge in [-0.2, -0.15) is 0 Å². The molecular formula is C11H6BrCl2N3O. The first-order valence-electron chi connectivity index (χ1n) is 4.80. The maximum atomic E-state index is 11.9. The molecule has 0 aliphatic carbocycles. The van der Waals surface area contributed by atoms with Crippen LogP contribution in [0.2, 0.25) is 10.2 Å². The van der Waals surface area contributed by atoms with E-state index in [-0.39, 0.29) is 16.1 Å². The number of aromatic nitrogens is 2. The van der Waals surface area contributed by atoms with Gasteiger partial charge in [-0.3, -0.25) is 4.79 Å². The molecule has 2 aromatic heterocycles. The molecule has 0 saturated heterocycles. The fourth-order valence-corrected chi connectivity index (χ4v) is 1.81. The smallest absolute Gasteiger partial charge is 0.258 e. The van der Waals surface area contributed by atoms with Crippen molar-refractivity contribution in [3.05, 3.63) is 50.8 Å². The first kappa shape index (κ1) is 13.3. The Balaban J connectivity index is 2.19. The van der Waals surface area contributed by atoms with Gasteiger partial charge >= 0.3 is 0 Å². The molecule has 0 unspecified atom stereocenters. The quantitative estimate of drug-likeness (QED) is 0.841. The Morgan fingerprint density at radius 1 is 1.28 bits per heavy atom. The van der Waals surface area contributed by atoms with Crippen LogP contribution in [0.15, 0.2) is 35.1 Å². The van der Waals surface area contributed by atoms with Gasteiger partial charge in [-0.15, -0.1) is 0 Å². The highest BCUT2D eigenvalue weighted by atomic mass is 79.9. The van der Waals surface area contributed by atoms with Crippen LogP contribution < -0.4 is 5.32 Å². The van der Waals surface area contributed by atoms with Gasteiger partial charge in [-0.05, 0) is 18.2 Å². The second-order valence-electron chi connectivity index (χ2n) is 3.31. The summed E-state index contributed by atoms with van der Waals surface area (Å²) in [7, 11) is 0. The van der Waals surface area contributed by atoms with Crippen molar-refractivity contribution in [3.63, 3.8) is 0 Å². The Bertz CT molecular complexity index is 607. The predicted molar refractivity (Wildman–Crippen MR) is 74.1 cm³/mol. The van der Waals surface area contributed by atoms with Crippen molar-refractivity contribution >= 4 is 50.9 Å². The molecule has 2 rings (SSSR count). The first-order chi connectivity index (χ1) is 8.56. The topological polar surface area (TPSA) is 54.9 Å². The Hall–Kier alpha value is -1.17. The summed E-state index contributed by atoms with van der Waals surface area (Å²) >= 11 is 14.7. The van der Waals surface area contributed by atoms with Gasteiger partial charge in [0.05, 0.1) is 10.6 Å². The van der Waals surface area contributed by atoms with Crippen LogP contribution in [0.25, 0.3) is 0 Å². The van der Waals surface area contributed by atoms with Gasteiger partial charge in [0, 0.05) is 16.9 Å². The van der Waals surface area contributed by atoms with E-state index in [1.54, 1.807) is 18.3 Å². The highest BCUT2D eigenvalue weighted by Crippen LogP contribution is 2.20. The minimum Gasteiger partial charge on any atom is -0.306 e. The summed E-state index contributed by atoms with van der Waals surface area (Å²) in [6.07, 6.45) is 2.92. The number of nitrogens with zero attached hydrogens (tertiary/aromatic N) is 2. The van der Waals surface area contributed by atoms with Gasteiger partial charge in [0.15, 0.2) is 0 Å². The Labute approximate surface area is 121 Å². The molecule has 0 aliphatic rings. The summed E-state index contributed by atoms with van der Waals surface area (Å²) in [5.74, 6) is 0.0760. The van der Waals surface area contributed by atoms with Crippen LogP contribution in [0, 0.1) is 0 Å². The Morgan fingerprint density at radius 2 is 2.06 bits per heavy atom. The van der Waals surface area contributed by atoms with Crippen molar-refractivity contribution in [1.82, 2.24) is 9.97 Å². The minimum atomic E-state index is -0.355. The van der Waals surface area contributed by atoms with Crippen LogP contribution in [0.4, 0.5) is 5.82 Å². The molecule has 18 heavy (non-hydrogen) atoms. The number of halogens is 3. The summed E-state index contributed by atoms with van der Waals surface area (Å²) < 4.78 is 0.820. The lowest BCUT2D eigenvalue weighted by Crippen LogP contribution is -2.13. The summed E-state index contributed by atoms with van der Waals surface area (Å²) in [5.41, 5.74) is 0.311. The number of anilines is 1. The van der Waals surface area contributed by atoms with Crippen molar-refractivity contribution in [1.29, 1.82) is 0 Å². The monoisotopic (exact) mass is 345 g/mol. The maximum absolute atomic E-state index is 11.9. The normalized spacial score (nSPS) is 10.2. The molecule has 0 aliphatic heterocycles. The van der Waals surface area contributed by atoms with E-state index < -0.39 is 0 Å². The average Bonchev–Trinajstić information content (AvgIpc) is 2.32. The van der Waals surface area contributed by atoms with Crippen molar-refractivity contribution < 1.29 is 4.79 Å². The Morgan fingerprint density at radius 3 is 2.72 bits per heavy atom. The van der Waals surface area contributed by atoms with E-state index in [1.807, 2.05) is 0 Å². The van der Waals surface area contributed by atoms with Crippen LogP contribution in [0.5, 0.6) is 0 Å². The lowest BCUT2D eigenvalue weighted by atomic mass is 10.2. The molecule has 4 nitrogen and oxygen atoms in total. The van der Waals surface area contributed by atoms with E-state index in [0.717, 1.165) is 4.47 Å². The third-order valence-corrected chi connectivity index (χ3v) is 3.20. The van der Waals surface area contributed by atoms with E-state index in [9.17, 15) is 4.79 Å². The zero-order valence-electron chi connectivity index (χ0n) is 8.82. The van der Waals surface area contributed by atoms with Crippen molar-refractivity contribution in [2.75, 3.05) is 5.32 Å². The first-order valence-corrected chi connectivity index (χ1v) is 6.35. The molecule has 0 fully saturated rings. The van der Waals surface area contributed by atoms with Crippen molar-refractivity contribution in [2.45, 2.75) is 0 Å². The fourth-order valence-electron chi connectivity index (χ4n) is 1.21. The van der Waals surface area contributed by atoms with Crippen molar-refractivity contribution in [2.24, 2.45) is 0 Å². The molecule has 0 bridgehead atoms. The molecule has 92 valence electrons. The van der Waals surface area contributed by atoms with Crippen LogP contribution in [0.3, 0.4) is 0 Å². The number of amides is 1. The molecule has 1 amide bonds.